The van der Waals surface area contributed by atoms with Crippen molar-refractivity contribution >= 4 is 44.3 Å². The van der Waals surface area contributed by atoms with Gasteiger partial charge in [-0.05, 0) is 57.6 Å². The largest absolute Gasteiger partial charge is 0.434 e. The molecule has 0 fully saturated rings. The van der Waals surface area contributed by atoms with E-state index in [1.165, 1.54) is 19.1 Å². The molecule has 0 atom stereocenters. The fourth-order valence-electron chi connectivity index (χ4n) is 0.985. The smallest absolute Gasteiger partial charge is 0.387 e. The van der Waals surface area contributed by atoms with Crippen LogP contribution in [0.25, 0.3) is 0 Å². The summed E-state index contributed by atoms with van der Waals surface area (Å²) in [6.45, 7) is -1.46. The highest BCUT2D eigenvalue weighted by Gasteiger charge is 2.13. The highest BCUT2D eigenvalue weighted by Crippen LogP contribution is 2.30. The van der Waals surface area contributed by atoms with Crippen LogP contribution in [0.5, 0.6) is 5.75 Å². The van der Waals surface area contributed by atoms with Crippen LogP contribution in [-0.2, 0) is 0 Å². The van der Waals surface area contributed by atoms with Crippen LogP contribution in [0.3, 0.4) is 0 Å². The Kier molecular flexibility index (Phi) is 4.45. The summed E-state index contributed by atoms with van der Waals surface area (Å²) in [5, 5.41) is 0. The summed E-state index contributed by atoms with van der Waals surface area (Å²) in [4.78, 5) is 11.1. The van der Waals surface area contributed by atoms with Crippen LogP contribution < -0.4 is 4.74 Å². The number of rotatable bonds is 3. The number of benzene rings is 1. The van der Waals surface area contributed by atoms with Crippen LogP contribution in [0.2, 0.25) is 0 Å². The van der Waals surface area contributed by atoms with Crippen LogP contribution in [0.4, 0.5) is 8.78 Å². The first-order chi connectivity index (χ1) is 6.91. The predicted molar refractivity (Wildman–Crippen MR) is 63.5 cm³/mol. The van der Waals surface area contributed by atoms with E-state index in [9.17, 15) is 13.6 Å². The van der Waals surface area contributed by atoms with Gasteiger partial charge in [-0.1, -0.05) is 0 Å². The Morgan fingerprint density at radius 3 is 2.60 bits per heavy atom. The topological polar surface area (TPSA) is 26.3 Å². The van der Waals surface area contributed by atoms with E-state index in [0.29, 0.717) is 13.6 Å². The molecule has 1 aromatic carbocycles. The van der Waals surface area contributed by atoms with Crippen molar-refractivity contribution in [1.29, 1.82) is 0 Å². The van der Waals surface area contributed by atoms with Crippen molar-refractivity contribution in [1.82, 2.24) is 0 Å². The number of hydrogen-bond donors (Lipinski definition) is 0. The van der Waals surface area contributed by atoms with Gasteiger partial charge in [-0.2, -0.15) is 8.78 Å². The van der Waals surface area contributed by atoms with Gasteiger partial charge < -0.3 is 4.74 Å². The summed E-state index contributed by atoms with van der Waals surface area (Å²) in [5.41, 5.74) is 0.445. The van der Waals surface area contributed by atoms with Crippen molar-refractivity contribution in [2.45, 2.75) is 13.5 Å². The van der Waals surface area contributed by atoms with E-state index < -0.39 is 6.61 Å². The zero-order valence-electron chi connectivity index (χ0n) is 7.56. The molecular weight excluding hydrogens is 385 g/mol. The van der Waals surface area contributed by atoms with E-state index in [1.807, 2.05) is 22.6 Å². The molecule has 82 valence electrons. The highest BCUT2D eigenvalue weighted by atomic mass is 127. The highest BCUT2D eigenvalue weighted by molar-refractivity contribution is 14.1. The van der Waals surface area contributed by atoms with E-state index in [4.69, 9.17) is 0 Å². The number of hydrogen-bond acceptors (Lipinski definition) is 2. The van der Waals surface area contributed by atoms with E-state index in [0.717, 1.165) is 0 Å². The van der Waals surface area contributed by atoms with Crippen molar-refractivity contribution in [3.63, 3.8) is 0 Å². The number of Topliss-reactive ketones (excluding diaryl/α,β-unsaturated/α-hetero) is 1. The molecule has 1 rings (SSSR count). The molecule has 15 heavy (non-hydrogen) atoms. The van der Waals surface area contributed by atoms with E-state index >= 15 is 0 Å². The Balaban J connectivity index is 3.13. The zero-order valence-corrected chi connectivity index (χ0v) is 11.3. The number of carbonyl (C=O) groups is 1. The number of alkyl halides is 2. The summed E-state index contributed by atoms with van der Waals surface area (Å²) in [6.07, 6.45) is 0. The first-order valence-electron chi connectivity index (χ1n) is 3.86. The molecule has 0 saturated carbocycles. The van der Waals surface area contributed by atoms with Gasteiger partial charge in [-0.25, -0.2) is 0 Å². The predicted octanol–water partition coefficient (Wildman–Crippen LogP) is 3.86. The lowest BCUT2D eigenvalue weighted by molar-refractivity contribution is -0.0504. The lowest BCUT2D eigenvalue weighted by atomic mass is 10.1. The van der Waals surface area contributed by atoms with Crippen LogP contribution in [0.15, 0.2) is 16.6 Å². The summed E-state index contributed by atoms with van der Waals surface area (Å²) >= 11 is 4.96. The van der Waals surface area contributed by atoms with Gasteiger partial charge >= 0.3 is 6.61 Å². The molecule has 0 aliphatic rings. The first kappa shape index (κ1) is 12.8. The monoisotopic (exact) mass is 390 g/mol. The molecule has 0 amide bonds. The second-order valence-corrected chi connectivity index (χ2v) is 4.71. The van der Waals surface area contributed by atoms with Gasteiger partial charge in [0, 0.05) is 10.0 Å². The summed E-state index contributed by atoms with van der Waals surface area (Å²) in [6, 6.07) is 2.87. The van der Waals surface area contributed by atoms with Crippen molar-refractivity contribution in [3.8, 4) is 5.75 Å². The van der Waals surface area contributed by atoms with Gasteiger partial charge in [-0.3, -0.25) is 4.79 Å². The summed E-state index contributed by atoms with van der Waals surface area (Å²) in [7, 11) is 0. The zero-order chi connectivity index (χ0) is 11.6. The first-order valence-corrected chi connectivity index (χ1v) is 5.73. The Bertz CT molecular complexity index is 396. The third kappa shape index (κ3) is 3.37. The maximum atomic E-state index is 12.0. The lowest BCUT2D eigenvalue weighted by Crippen LogP contribution is -2.05. The summed E-state index contributed by atoms with van der Waals surface area (Å²) in [5.74, 6) is -0.0779. The SMILES string of the molecule is CC(=O)c1cc(I)c(OC(F)F)cc1Br. The van der Waals surface area contributed by atoms with Crippen LogP contribution in [-0.4, -0.2) is 12.4 Å². The van der Waals surface area contributed by atoms with Gasteiger partial charge in [0.05, 0.1) is 3.57 Å². The van der Waals surface area contributed by atoms with Crippen LogP contribution in [0, 0.1) is 3.57 Å². The molecule has 0 N–H and O–H groups in total. The van der Waals surface area contributed by atoms with Crippen molar-refractivity contribution in [2.75, 3.05) is 0 Å². The average Bonchev–Trinajstić information content (AvgIpc) is 2.09. The Morgan fingerprint density at radius 2 is 2.13 bits per heavy atom. The molecule has 0 heterocycles. The molecule has 6 heteroatoms. The minimum atomic E-state index is -2.87. The Morgan fingerprint density at radius 1 is 1.53 bits per heavy atom. The van der Waals surface area contributed by atoms with Gasteiger partial charge in [0.1, 0.15) is 5.75 Å². The number of halogens is 4. The van der Waals surface area contributed by atoms with Gasteiger partial charge in [0.25, 0.3) is 0 Å². The fourth-order valence-corrected chi connectivity index (χ4v) is 2.18. The number of carbonyl (C=O) groups excluding carboxylic acids is 1. The van der Waals surface area contributed by atoms with E-state index in [2.05, 4.69) is 20.7 Å². The van der Waals surface area contributed by atoms with Crippen molar-refractivity contribution < 1.29 is 18.3 Å². The maximum Gasteiger partial charge on any atom is 0.387 e. The molecule has 0 aliphatic heterocycles. The Hall–Kier alpha value is -0.240. The molecule has 2 nitrogen and oxygen atoms in total. The molecular formula is C9H6BrF2IO2. The molecule has 0 spiro atoms. The van der Waals surface area contributed by atoms with E-state index in [1.54, 1.807) is 0 Å². The molecule has 0 aliphatic carbocycles. The quantitative estimate of drug-likeness (QED) is 0.578. The number of ketones is 1. The Labute approximate surface area is 107 Å². The van der Waals surface area contributed by atoms with Crippen molar-refractivity contribution in [2.24, 2.45) is 0 Å². The third-order valence-electron chi connectivity index (χ3n) is 1.62. The molecule has 0 saturated heterocycles. The minimum Gasteiger partial charge on any atom is -0.434 e. The molecule has 1 aromatic rings. The minimum absolute atomic E-state index is 0.0578. The normalized spacial score (nSPS) is 10.5. The molecule has 0 unspecified atom stereocenters. The molecule has 0 aromatic heterocycles. The molecule has 0 bridgehead atoms. The van der Waals surface area contributed by atoms with E-state index in [-0.39, 0.29) is 11.5 Å². The third-order valence-corrected chi connectivity index (χ3v) is 3.12. The maximum absolute atomic E-state index is 12.0. The van der Waals surface area contributed by atoms with Gasteiger partial charge in [0.2, 0.25) is 0 Å². The second kappa shape index (κ2) is 5.20. The summed E-state index contributed by atoms with van der Waals surface area (Å²) < 4.78 is 29.2. The van der Waals surface area contributed by atoms with Gasteiger partial charge in [0.15, 0.2) is 5.78 Å². The van der Waals surface area contributed by atoms with Crippen LogP contribution >= 0.6 is 38.5 Å². The number of ether oxygens (including phenoxy) is 1. The van der Waals surface area contributed by atoms with Crippen molar-refractivity contribution in [3.05, 3.63) is 25.7 Å². The second-order valence-electron chi connectivity index (χ2n) is 2.70. The lowest BCUT2D eigenvalue weighted by Gasteiger charge is -2.09. The fraction of sp³-hybridized carbons (Fsp3) is 0.222. The standard InChI is InChI=1S/C9H6BrF2IO2/c1-4(14)5-2-7(13)8(3-6(5)10)15-9(11)12/h2-3,9H,1H3. The average molecular weight is 391 g/mol. The van der Waals surface area contributed by atoms with Crippen LogP contribution in [0.1, 0.15) is 17.3 Å². The molecule has 0 radical (unpaired) electrons. The van der Waals surface area contributed by atoms with Gasteiger partial charge in [-0.15, -0.1) is 0 Å².